The van der Waals surface area contributed by atoms with E-state index >= 15 is 0 Å². The first-order valence-corrected chi connectivity index (χ1v) is 6.60. The molecule has 0 saturated heterocycles. The van der Waals surface area contributed by atoms with Gasteiger partial charge in [0.15, 0.2) is 0 Å². The Morgan fingerprint density at radius 1 is 1.53 bits per heavy atom. The summed E-state index contributed by atoms with van der Waals surface area (Å²) in [5.74, 6) is 0.778. The van der Waals surface area contributed by atoms with Crippen LogP contribution in [0.1, 0.15) is 25.2 Å². The molecule has 19 heavy (non-hydrogen) atoms. The average molecular weight is 267 g/mol. The second kappa shape index (κ2) is 6.12. The molecule has 7 heteroatoms. The molecule has 0 bridgehead atoms. The van der Waals surface area contributed by atoms with Crippen LogP contribution in [0.3, 0.4) is 0 Å². The number of nitrogens with zero attached hydrogens (tertiary/aromatic N) is 3. The molecular formula is C12H21N5O2. The van der Waals surface area contributed by atoms with Crippen molar-refractivity contribution in [3.8, 4) is 0 Å². The number of hydrogen-bond acceptors (Lipinski definition) is 6. The standard InChI is InChI=1S/C12H21N5O2/c1-8-15-16-12(19-8)14-11(18)7-17(2)10-5-3-4-9(10)6-13/h9-10H,3-7,13H2,1-2H3,(H,14,16,18). The third kappa shape index (κ3) is 3.51. The maximum absolute atomic E-state index is 11.9. The zero-order valence-corrected chi connectivity index (χ0v) is 11.4. The van der Waals surface area contributed by atoms with Crippen molar-refractivity contribution in [1.29, 1.82) is 0 Å². The fraction of sp³-hybridized carbons (Fsp3) is 0.750. The number of carbonyl (C=O) groups is 1. The molecule has 1 aliphatic carbocycles. The number of rotatable bonds is 5. The number of likely N-dealkylation sites (N-methyl/N-ethyl adjacent to an activating group) is 1. The number of carbonyl (C=O) groups excluding carboxylic acids is 1. The van der Waals surface area contributed by atoms with Gasteiger partial charge in [-0.15, -0.1) is 5.10 Å². The van der Waals surface area contributed by atoms with E-state index in [1.54, 1.807) is 6.92 Å². The molecule has 2 atom stereocenters. The lowest BCUT2D eigenvalue weighted by Crippen LogP contribution is -2.41. The lowest BCUT2D eigenvalue weighted by Gasteiger charge is -2.28. The fourth-order valence-electron chi connectivity index (χ4n) is 2.72. The second-order valence-corrected chi connectivity index (χ2v) is 5.08. The summed E-state index contributed by atoms with van der Waals surface area (Å²) < 4.78 is 5.11. The monoisotopic (exact) mass is 267 g/mol. The van der Waals surface area contributed by atoms with Gasteiger partial charge in [0.25, 0.3) is 0 Å². The van der Waals surface area contributed by atoms with Crippen molar-refractivity contribution in [1.82, 2.24) is 15.1 Å². The Bertz CT molecular complexity index is 434. The SMILES string of the molecule is Cc1nnc(NC(=O)CN(C)C2CCCC2CN)o1. The molecule has 2 unspecified atom stereocenters. The number of nitrogens with two attached hydrogens (primary N) is 1. The lowest BCUT2D eigenvalue weighted by atomic mass is 10.0. The molecule has 1 heterocycles. The maximum Gasteiger partial charge on any atom is 0.322 e. The van der Waals surface area contributed by atoms with Crippen molar-refractivity contribution in [3.05, 3.63) is 5.89 Å². The summed E-state index contributed by atoms with van der Waals surface area (Å²) >= 11 is 0. The van der Waals surface area contributed by atoms with Crippen molar-refractivity contribution < 1.29 is 9.21 Å². The molecular weight excluding hydrogens is 246 g/mol. The van der Waals surface area contributed by atoms with Gasteiger partial charge in [-0.05, 0) is 32.4 Å². The van der Waals surface area contributed by atoms with Crippen LogP contribution in [-0.4, -0.2) is 47.2 Å². The first kappa shape index (κ1) is 14.0. The highest BCUT2D eigenvalue weighted by molar-refractivity contribution is 5.90. The van der Waals surface area contributed by atoms with E-state index in [-0.39, 0.29) is 11.9 Å². The minimum Gasteiger partial charge on any atom is -0.408 e. The van der Waals surface area contributed by atoms with E-state index in [9.17, 15) is 4.79 Å². The van der Waals surface area contributed by atoms with Crippen LogP contribution in [0.15, 0.2) is 4.42 Å². The lowest BCUT2D eigenvalue weighted by molar-refractivity contribution is -0.117. The first-order valence-electron chi connectivity index (χ1n) is 6.60. The van der Waals surface area contributed by atoms with Gasteiger partial charge in [-0.1, -0.05) is 11.5 Å². The summed E-state index contributed by atoms with van der Waals surface area (Å²) in [6.45, 7) is 2.67. The predicted octanol–water partition coefficient (Wildman–Crippen LogP) is 0.376. The number of aromatic nitrogens is 2. The van der Waals surface area contributed by atoms with Gasteiger partial charge in [0.1, 0.15) is 0 Å². The van der Waals surface area contributed by atoms with Crippen molar-refractivity contribution in [3.63, 3.8) is 0 Å². The van der Waals surface area contributed by atoms with Gasteiger partial charge >= 0.3 is 6.01 Å². The summed E-state index contributed by atoms with van der Waals surface area (Å²) in [5.41, 5.74) is 5.76. The first-order chi connectivity index (χ1) is 9.10. The Morgan fingerprint density at radius 2 is 2.32 bits per heavy atom. The number of amides is 1. The van der Waals surface area contributed by atoms with E-state index in [0.29, 0.717) is 30.9 Å². The largest absolute Gasteiger partial charge is 0.408 e. The highest BCUT2D eigenvalue weighted by Gasteiger charge is 2.30. The van der Waals surface area contributed by atoms with Gasteiger partial charge in [-0.2, -0.15) is 0 Å². The van der Waals surface area contributed by atoms with E-state index in [1.165, 1.54) is 6.42 Å². The Morgan fingerprint density at radius 3 is 2.95 bits per heavy atom. The predicted molar refractivity (Wildman–Crippen MR) is 70.5 cm³/mol. The molecule has 1 saturated carbocycles. The molecule has 106 valence electrons. The van der Waals surface area contributed by atoms with Crippen molar-refractivity contribution in [2.24, 2.45) is 11.7 Å². The molecule has 0 aromatic carbocycles. The molecule has 2 rings (SSSR count). The van der Waals surface area contributed by atoms with Crippen molar-refractivity contribution in [2.75, 3.05) is 25.5 Å². The second-order valence-electron chi connectivity index (χ2n) is 5.08. The minimum absolute atomic E-state index is 0.145. The van der Waals surface area contributed by atoms with Crippen LogP contribution in [0, 0.1) is 12.8 Å². The fourth-order valence-corrected chi connectivity index (χ4v) is 2.72. The zero-order chi connectivity index (χ0) is 13.8. The van der Waals surface area contributed by atoms with Crippen molar-refractivity contribution >= 4 is 11.9 Å². The Labute approximate surface area is 112 Å². The Hall–Kier alpha value is -1.47. The van der Waals surface area contributed by atoms with Gasteiger partial charge in [0.05, 0.1) is 6.54 Å². The molecule has 1 aromatic rings. The molecule has 0 radical (unpaired) electrons. The Kier molecular flexibility index (Phi) is 4.49. The van der Waals surface area contributed by atoms with Crippen LogP contribution in [-0.2, 0) is 4.79 Å². The van der Waals surface area contributed by atoms with E-state index in [2.05, 4.69) is 20.4 Å². The molecule has 3 N–H and O–H groups in total. The van der Waals surface area contributed by atoms with Crippen LogP contribution < -0.4 is 11.1 Å². The topological polar surface area (TPSA) is 97.3 Å². The highest BCUT2D eigenvalue weighted by Crippen LogP contribution is 2.28. The van der Waals surface area contributed by atoms with Gasteiger partial charge in [-0.25, -0.2) is 0 Å². The smallest absolute Gasteiger partial charge is 0.322 e. The minimum atomic E-state index is -0.145. The molecule has 0 aliphatic heterocycles. The van der Waals surface area contributed by atoms with Gasteiger partial charge in [-0.3, -0.25) is 15.0 Å². The number of hydrogen-bond donors (Lipinski definition) is 2. The summed E-state index contributed by atoms with van der Waals surface area (Å²) in [7, 11) is 1.96. The number of nitrogens with one attached hydrogen (secondary N) is 1. The highest BCUT2D eigenvalue weighted by atomic mass is 16.4. The van der Waals surface area contributed by atoms with E-state index in [1.807, 2.05) is 7.05 Å². The van der Waals surface area contributed by atoms with E-state index in [0.717, 1.165) is 12.8 Å². The van der Waals surface area contributed by atoms with Crippen LogP contribution in [0.2, 0.25) is 0 Å². The van der Waals surface area contributed by atoms with Crippen molar-refractivity contribution in [2.45, 2.75) is 32.2 Å². The zero-order valence-electron chi connectivity index (χ0n) is 11.4. The Balaban J connectivity index is 1.84. The molecule has 7 nitrogen and oxygen atoms in total. The summed E-state index contributed by atoms with van der Waals surface area (Å²) in [4.78, 5) is 13.9. The van der Waals surface area contributed by atoms with Crippen LogP contribution in [0.4, 0.5) is 6.01 Å². The number of aryl methyl sites for hydroxylation is 1. The summed E-state index contributed by atoms with van der Waals surface area (Å²) in [6.07, 6.45) is 3.43. The van der Waals surface area contributed by atoms with Gasteiger partial charge < -0.3 is 10.2 Å². The third-order valence-corrected chi connectivity index (χ3v) is 3.65. The molecule has 1 fully saturated rings. The number of anilines is 1. The summed E-state index contributed by atoms with van der Waals surface area (Å²) in [5, 5.41) is 9.99. The quantitative estimate of drug-likeness (QED) is 0.800. The molecule has 0 spiro atoms. The normalized spacial score (nSPS) is 22.9. The van der Waals surface area contributed by atoms with Crippen LogP contribution in [0.25, 0.3) is 0 Å². The molecule has 1 aromatic heterocycles. The van der Waals surface area contributed by atoms with Gasteiger partial charge in [0.2, 0.25) is 11.8 Å². The molecule has 1 amide bonds. The summed E-state index contributed by atoms with van der Waals surface area (Å²) in [6, 6.07) is 0.540. The average Bonchev–Trinajstić information content (AvgIpc) is 2.97. The van der Waals surface area contributed by atoms with E-state index in [4.69, 9.17) is 10.2 Å². The van der Waals surface area contributed by atoms with Crippen LogP contribution in [0.5, 0.6) is 0 Å². The van der Waals surface area contributed by atoms with Crippen LogP contribution >= 0.6 is 0 Å². The van der Waals surface area contributed by atoms with Gasteiger partial charge in [0, 0.05) is 13.0 Å². The van der Waals surface area contributed by atoms with E-state index < -0.39 is 0 Å². The third-order valence-electron chi connectivity index (χ3n) is 3.65. The maximum atomic E-state index is 11.9. The molecule has 1 aliphatic rings.